The Hall–Kier alpha value is -0.570. The van der Waals surface area contributed by atoms with E-state index in [9.17, 15) is 4.79 Å². The fourth-order valence-electron chi connectivity index (χ4n) is 2.71. The molecule has 1 atom stereocenters. The Labute approximate surface area is 111 Å². The van der Waals surface area contributed by atoms with Gasteiger partial charge < -0.3 is 10.6 Å². The van der Waals surface area contributed by atoms with Gasteiger partial charge in [-0.25, -0.2) is 0 Å². The van der Waals surface area contributed by atoms with Crippen molar-refractivity contribution in [2.24, 2.45) is 17.8 Å². The molecule has 0 aromatic heterocycles. The average Bonchev–Trinajstić information content (AvgIpc) is 3.22. The highest BCUT2D eigenvalue weighted by molar-refractivity contribution is 5.81. The molecule has 0 aromatic carbocycles. The highest BCUT2D eigenvalue weighted by atomic mass is 16.2. The van der Waals surface area contributed by atoms with Crippen LogP contribution in [0.5, 0.6) is 0 Å². The molecular formula is C15H28N2O. The first-order valence-corrected chi connectivity index (χ1v) is 7.73. The fourth-order valence-corrected chi connectivity index (χ4v) is 2.71. The molecule has 0 aliphatic heterocycles. The second kappa shape index (κ2) is 6.55. The molecule has 2 rings (SSSR count). The third-order valence-electron chi connectivity index (χ3n) is 4.34. The number of hydrogen-bond acceptors (Lipinski definition) is 2. The van der Waals surface area contributed by atoms with E-state index in [1.165, 1.54) is 25.7 Å². The molecule has 0 aromatic rings. The van der Waals surface area contributed by atoms with Crippen molar-refractivity contribution in [2.75, 3.05) is 13.1 Å². The van der Waals surface area contributed by atoms with E-state index in [4.69, 9.17) is 0 Å². The highest BCUT2D eigenvalue weighted by Gasteiger charge is 2.41. The standard InChI is InChI=1S/C15H28N2O/c1-3-4-9-16-15(18)11(2)17-10-14(12-5-6-12)13-7-8-13/h11-14,17H,3-10H2,1-2H3,(H,16,18). The second-order valence-electron chi connectivity index (χ2n) is 6.11. The maximum absolute atomic E-state index is 11.8. The lowest BCUT2D eigenvalue weighted by Crippen LogP contribution is -2.44. The number of unbranched alkanes of at least 4 members (excludes halogenated alkanes) is 1. The first-order chi connectivity index (χ1) is 8.72. The Morgan fingerprint density at radius 1 is 1.22 bits per heavy atom. The molecule has 3 heteroatoms. The zero-order chi connectivity index (χ0) is 13.0. The molecule has 0 spiro atoms. The molecule has 2 fully saturated rings. The van der Waals surface area contributed by atoms with Crippen LogP contribution in [-0.4, -0.2) is 25.0 Å². The van der Waals surface area contributed by atoms with Crippen LogP contribution in [-0.2, 0) is 4.79 Å². The summed E-state index contributed by atoms with van der Waals surface area (Å²) in [4.78, 5) is 11.8. The quantitative estimate of drug-likeness (QED) is 0.618. The Morgan fingerprint density at radius 3 is 2.33 bits per heavy atom. The summed E-state index contributed by atoms with van der Waals surface area (Å²) in [5.74, 6) is 2.92. The highest BCUT2D eigenvalue weighted by Crippen LogP contribution is 2.48. The summed E-state index contributed by atoms with van der Waals surface area (Å²) in [7, 11) is 0. The third-order valence-corrected chi connectivity index (χ3v) is 4.34. The van der Waals surface area contributed by atoms with E-state index in [1.54, 1.807) is 0 Å². The van der Waals surface area contributed by atoms with Gasteiger partial charge >= 0.3 is 0 Å². The number of hydrogen-bond donors (Lipinski definition) is 2. The van der Waals surface area contributed by atoms with Gasteiger partial charge in [0.2, 0.25) is 5.91 Å². The molecule has 1 unspecified atom stereocenters. The van der Waals surface area contributed by atoms with Gasteiger partial charge in [0, 0.05) is 6.54 Å². The van der Waals surface area contributed by atoms with Crippen LogP contribution in [0.3, 0.4) is 0 Å². The van der Waals surface area contributed by atoms with Crippen molar-refractivity contribution in [3.8, 4) is 0 Å². The number of carbonyl (C=O) groups excluding carboxylic acids is 1. The van der Waals surface area contributed by atoms with Gasteiger partial charge in [0.05, 0.1) is 6.04 Å². The minimum atomic E-state index is -0.0399. The molecule has 1 amide bonds. The molecule has 0 bridgehead atoms. The Morgan fingerprint density at radius 2 is 1.83 bits per heavy atom. The zero-order valence-corrected chi connectivity index (χ0v) is 11.9. The largest absolute Gasteiger partial charge is 0.355 e. The maximum atomic E-state index is 11.8. The minimum Gasteiger partial charge on any atom is -0.355 e. The van der Waals surface area contributed by atoms with E-state index in [0.717, 1.165) is 43.7 Å². The van der Waals surface area contributed by atoms with E-state index >= 15 is 0 Å². The van der Waals surface area contributed by atoms with Crippen molar-refractivity contribution < 1.29 is 4.79 Å². The lowest BCUT2D eigenvalue weighted by Gasteiger charge is -2.20. The fraction of sp³-hybridized carbons (Fsp3) is 0.933. The van der Waals surface area contributed by atoms with Crippen LogP contribution in [0.4, 0.5) is 0 Å². The van der Waals surface area contributed by atoms with Crippen LogP contribution < -0.4 is 10.6 Å². The molecule has 2 aliphatic rings. The second-order valence-corrected chi connectivity index (χ2v) is 6.11. The normalized spacial score (nSPS) is 21.1. The molecule has 104 valence electrons. The lowest BCUT2D eigenvalue weighted by molar-refractivity contribution is -0.122. The first-order valence-electron chi connectivity index (χ1n) is 7.73. The zero-order valence-electron chi connectivity index (χ0n) is 11.9. The van der Waals surface area contributed by atoms with Crippen LogP contribution in [0.25, 0.3) is 0 Å². The van der Waals surface area contributed by atoms with Crippen molar-refractivity contribution in [3.63, 3.8) is 0 Å². The van der Waals surface area contributed by atoms with Crippen LogP contribution >= 0.6 is 0 Å². The van der Waals surface area contributed by atoms with E-state index < -0.39 is 0 Å². The third kappa shape index (κ3) is 4.27. The molecule has 3 nitrogen and oxygen atoms in total. The number of nitrogens with one attached hydrogen (secondary N) is 2. The average molecular weight is 252 g/mol. The van der Waals surface area contributed by atoms with Gasteiger partial charge in [-0.05, 0) is 63.3 Å². The molecular weight excluding hydrogens is 224 g/mol. The van der Waals surface area contributed by atoms with Gasteiger partial charge in [-0.2, -0.15) is 0 Å². The summed E-state index contributed by atoms with van der Waals surface area (Å²) in [6.45, 7) is 5.98. The molecule has 0 heterocycles. The molecule has 2 saturated carbocycles. The van der Waals surface area contributed by atoms with Gasteiger partial charge in [0.1, 0.15) is 0 Å². The SMILES string of the molecule is CCCCNC(=O)C(C)NCC(C1CC1)C1CC1. The van der Waals surface area contributed by atoms with Gasteiger partial charge in [-0.3, -0.25) is 4.79 Å². The number of amides is 1. The Balaban J connectivity index is 1.63. The van der Waals surface area contributed by atoms with E-state index in [2.05, 4.69) is 17.6 Å². The van der Waals surface area contributed by atoms with E-state index in [0.29, 0.717) is 0 Å². The van der Waals surface area contributed by atoms with Crippen molar-refractivity contribution in [1.29, 1.82) is 0 Å². The maximum Gasteiger partial charge on any atom is 0.236 e. The first kappa shape index (κ1) is 13.9. The smallest absolute Gasteiger partial charge is 0.236 e. The summed E-state index contributed by atoms with van der Waals surface area (Å²) in [6, 6.07) is -0.0399. The molecule has 0 saturated heterocycles. The molecule has 0 radical (unpaired) electrons. The number of rotatable bonds is 9. The Bertz CT molecular complexity index is 260. The lowest BCUT2D eigenvalue weighted by atomic mass is 9.97. The Kier molecular flexibility index (Phi) is 5.04. The summed E-state index contributed by atoms with van der Waals surface area (Å²) in [6.07, 6.45) is 7.87. The van der Waals surface area contributed by atoms with Crippen molar-refractivity contribution in [2.45, 2.75) is 58.4 Å². The van der Waals surface area contributed by atoms with Crippen molar-refractivity contribution in [3.05, 3.63) is 0 Å². The predicted octanol–water partition coefficient (Wildman–Crippen LogP) is 2.32. The summed E-state index contributed by atoms with van der Waals surface area (Å²) >= 11 is 0. The van der Waals surface area contributed by atoms with Crippen LogP contribution in [0.15, 0.2) is 0 Å². The van der Waals surface area contributed by atoms with Gasteiger partial charge in [0.25, 0.3) is 0 Å². The number of carbonyl (C=O) groups is 1. The van der Waals surface area contributed by atoms with Crippen LogP contribution in [0.2, 0.25) is 0 Å². The van der Waals surface area contributed by atoms with Crippen molar-refractivity contribution >= 4 is 5.91 Å². The topological polar surface area (TPSA) is 41.1 Å². The molecule has 18 heavy (non-hydrogen) atoms. The summed E-state index contributed by atoms with van der Waals surface area (Å²) in [5, 5.41) is 6.44. The predicted molar refractivity (Wildman–Crippen MR) is 74.3 cm³/mol. The van der Waals surface area contributed by atoms with Crippen LogP contribution in [0.1, 0.15) is 52.4 Å². The summed E-state index contributed by atoms with van der Waals surface area (Å²) < 4.78 is 0. The monoisotopic (exact) mass is 252 g/mol. The van der Waals surface area contributed by atoms with Gasteiger partial charge in [0.15, 0.2) is 0 Å². The van der Waals surface area contributed by atoms with E-state index in [1.807, 2.05) is 6.92 Å². The van der Waals surface area contributed by atoms with E-state index in [-0.39, 0.29) is 11.9 Å². The molecule has 2 aliphatic carbocycles. The van der Waals surface area contributed by atoms with Crippen molar-refractivity contribution in [1.82, 2.24) is 10.6 Å². The minimum absolute atomic E-state index is 0.0399. The van der Waals surface area contributed by atoms with Gasteiger partial charge in [-0.1, -0.05) is 13.3 Å². The summed E-state index contributed by atoms with van der Waals surface area (Å²) in [5.41, 5.74) is 0. The van der Waals surface area contributed by atoms with Crippen LogP contribution in [0, 0.1) is 17.8 Å². The molecule has 2 N–H and O–H groups in total. The van der Waals surface area contributed by atoms with Gasteiger partial charge in [-0.15, -0.1) is 0 Å².